The maximum absolute atomic E-state index is 11.9. The average Bonchev–Trinajstić information content (AvgIpc) is 2.31. The summed E-state index contributed by atoms with van der Waals surface area (Å²) < 4.78 is 0. The van der Waals surface area contributed by atoms with Crippen LogP contribution in [0.4, 0.5) is 0 Å². The SMILES string of the molecule is CCC1(CNC(=O)c2cccc(O)c2O)CCC1. The van der Waals surface area contributed by atoms with Crippen molar-refractivity contribution in [1.82, 2.24) is 5.32 Å². The summed E-state index contributed by atoms with van der Waals surface area (Å²) >= 11 is 0. The van der Waals surface area contributed by atoms with E-state index in [1.165, 1.54) is 18.6 Å². The molecule has 1 aliphatic rings. The Morgan fingerprint density at radius 3 is 2.67 bits per heavy atom. The number of nitrogens with one attached hydrogen (secondary N) is 1. The molecule has 0 atom stereocenters. The van der Waals surface area contributed by atoms with Gasteiger partial charge in [0.2, 0.25) is 0 Å². The van der Waals surface area contributed by atoms with E-state index in [0.29, 0.717) is 6.54 Å². The lowest BCUT2D eigenvalue weighted by Crippen LogP contribution is -2.41. The Morgan fingerprint density at radius 1 is 1.39 bits per heavy atom. The predicted octanol–water partition coefficient (Wildman–Crippen LogP) is 2.41. The van der Waals surface area contributed by atoms with Crippen molar-refractivity contribution in [2.45, 2.75) is 32.6 Å². The Kier molecular flexibility index (Phi) is 3.45. The third-order valence-corrected chi connectivity index (χ3v) is 4.05. The predicted molar refractivity (Wildman–Crippen MR) is 68.7 cm³/mol. The maximum Gasteiger partial charge on any atom is 0.255 e. The fraction of sp³-hybridized carbons (Fsp3) is 0.500. The van der Waals surface area contributed by atoms with Gasteiger partial charge in [0.25, 0.3) is 5.91 Å². The first-order valence-corrected chi connectivity index (χ1v) is 6.37. The number of amides is 1. The number of aromatic hydroxyl groups is 2. The molecule has 0 aromatic heterocycles. The number of hydrogen-bond acceptors (Lipinski definition) is 3. The van der Waals surface area contributed by atoms with Gasteiger partial charge in [-0.3, -0.25) is 4.79 Å². The molecule has 4 nitrogen and oxygen atoms in total. The van der Waals surface area contributed by atoms with Crippen LogP contribution in [0.15, 0.2) is 18.2 Å². The Labute approximate surface area is 107 Å². The molecule has 3 N–H and O–H groups in total. The van der Waals surface area contributed by atoms with Gasteiger partial charge in [-0.15, -0.1) is 0 Å². The van der Waals surface area contributed by atoms with Crippen molar-refractivity contribution >= 4 is 5.91 Å². The highest BCUT2D eigenvalue weighted by atomic mass is 16.3. The molecule has 0 saturated heterocycles. The summed E-state index contributed by atoms with van der Waals surface area (Å²) in [6, 6.07) is 4.40. The van der Waals surface area contributed by atoms with Gasteiger partial charge < -0.3 is 15.5 Å². The van der Waals surface area contributed by atoms with Crippen LogP contribution in [0.3, 0.4) is 0 Å². The zero-order chi connectivity index (χ0) is 13.2. The summed E-state index contributed by atoms with van der Waals surface area (Å²) in [7, 11) is 0. The molecule has 2 rings (SSSR count). The molecule has 18 heavy (non-hydrogen) atoms. The van der Waals surface area contributed by atoms with E-state index in [1.54, 1.807) is 6.07 Å². The van der Waals surface area contributed by atoms with Gasteiger partial charge in [-0.25, -0.2) is 0 Å². The van der Waals surface area contributed by atoms with E-state index in [0.717, 1.165) is 19.3 Å². The molecule has 1 aliphatic carbocycles. The number of benzene rings is 1. The second-order valence-corrected chi connectivity index (χ2v) is 5.06. The molecule has 0 heterocycles. The number of phenolic OH excluding ortho intramolecular Hbond substituents is 2. The van der Waals surface area contributed by atoms with E-state index >= 15 is 0 Å². The van der Waals surface area contributed by atoms with Crippen molar-refractivity contribution in [2.24, 2.45) is 5.41 Å². The van der Waals surface area contributed by atoms with Crippen molar-refractivity contribution in [3.05, 3.63) is 23.8 Å². The Bertz CT molecular complexity index is 447. The number of hydrogen-bond donors (Lipinski definition) is 3. The van der Waals surface area contributed by atoms with E-state index in [2.05, 4.69) is 12.2 Å². The lowest BCUT2D eigenvalue weighted by molar-refractivity contribution is 0.0847. The Morgan fingerprint density at radius 2 is 2.11 bits per heavy atom. The first kappa shape index (κ1) is 12.7. The fourth-order valence-electron chi connectivity index (χ4n) is 2.41. The van der Waals surface area contributed by atoms with E-state index in [-0.39, 0.29) is 28.4 Å². The number of carbonyl (C=O) groups is 1. The molecule has 1 saturated carbocycles. The number of para-hydroxylation sites is 1. The van der Waals surface area contributed by atoms with Crippen molar-refractivity contribution in [3.63, 3.8) is 0 Å². The molecular formula is C14H19NO3. The molecule has 1 aromatic carbocycles. The van der Waals surface area contributed by atoms with E-state index in [1.807, 2.05) is 0 Å². The van der Waals surface area contributed by atoms with Crippen LogP contribution < -0.4 is 5.32 Å². The zero-order valence-electron chi connectivity index (χ0n) is 10.6. The largest absolute Gasteiger partial charge is 0.504 e. The van der Waals surface area contributed by atoms with Gasteiger partial charge in [0, 0.05) is 6.54 Å². The van der Waals surface area contributed by atoms with Gasteiger partial charge >= 0.3 is 0 Å². The second kappa shape index (κ2) is 4.88. The molecule has 0 spiro atoms. The zero-order valence-corrected chi connectivity index (χ0v) is 10.6. The molecule has 1 aromatic rings. The van der Waals surface area contributed by atoms with Crippen molar-refractivity contribution in [1.29, 1.82) is 0 Å². The average molecular weight is 249 g/mol. The summed E-state index contributed by atoms with van der Waals surface area (Å²) in [6.07, 6.45) is 4.58. The van der Waals surface area contributed by atoms with Gasteiger partial charge in [0.05, 0.1) is 5.56 Å². The number of phenols is 2. The molecule has 4 heteroatoms. The number of carbonyl (C=O) groups excluding carboxylic acids is 1. The monoisotopic (exact) mass is 249 g/mol. The Balaban J connectivity index is 2.02. The molecule has 0 radical (unpaired) electrons. The fourth-order valence-corrected chi connectivity index (χ4v) is 2.41. The minimum atomic E-state index is -0.353. The lowest BCUT2D eigenvalue weighted by atomic mass is 9.67. The summed E-state index contributed by atoms with van der Waals surface area (Å²) in [5, 5.41) is 21.8. The lowest BCUT2D eigenvalue weighted by Gasteiger charge is -2.41. The first-order chi connectivity index (χ1) is 8.58. The topological polar surface area (TPSA) is 69.6 Å². The van der Waals surface area contributed by atoms with Crippen LogP contribution in [0.2, 0.25) is 0 Å². The quantitative estimate of drug-likeness (QED) is 0.718. The van der Waals surface area contributed by atoms with Crippen LogP contribution >= 0.6 is 0 Å². The Hall–Kier alpha value is -1.71. The van der Waals surface area contributed by atoms with Crippen LogP contribution in [-0.2, 0) is 0 Å². The third-order valence-electron chi connectivity index (χ3n) is 4.05. The van der Waals surface area contributed by atoms with Gasteiger partial charge in [-0.1, -0.05) is 19.4 Å². The number of rotatable bonds is 4. The molecule has 1 amide bonds. The normalized spacial score (nSPS) is 16.9. The molecule has 0 bridgehead atoms. The molecule has 0 unspecified atom stereocenters. The minimum Gasteiger partial charge on any atom is -0.504 e. The van der Waals surface area contributed by atoms with Gasteiger partial charge in [-0.2, -0.15) is 0 Å². The van der Waals surface area contributed by atoms with Crippen LogP contribution in [0, 0.1) is 5.41 Å². The second-order valence-electron chi connectivity index (χ2n) is 5.06. The smallest absolute Gasteiger partial charge is 0.255 e. The van der Waals surface area contributed by atoms with Crippen LogP contribution in [-0.4, -0.2) is 22.7 Å². The van der Waals surface area contributed by atoms with Gasteiger partial charge in [0.1, 0.15) is 0 Å². The van der Waals surface area contributed by atoms with Crippen molar-refractivity contribution in [2.75, 3.05) is 6.54 Å². The van der Waals surface area contributed by atoms with E-state index in [9.17, 15) is 15.0 Å². The summed E-state index contributed by atoms with van der Waals surface area (Å²) in [4.78, 5) is 11.9. The highest BCUT2D eigenvalue weighted by Gasteiger charge is 2.35. The van der Waals surface area contributed by atoms with Crippen molar-refractivity contribution < 1.29 is 15.0 Å². The van der Waals surface area contributed by atoms with Gasteiger partial charge in [-0.05, 0) is 36.8 Å². The maximum atomic E-state index is 11.9. The summed E-state index contributed by atoms with van der Waals surface area (Å²) in [5.74, 6) is -0.950. The van der Waals surface area contributed by atoms with Gasteiger partial charge in [0.15, 0.2) is 11.5 Å². The molecule has 0 aliphatic heterocycles. The summed E-state index contributed by atoms with van der Waals surface area (Å²) in [6.45, 7) is 2.77. The van der Waals surface area contributed by atoms with Crippen LogP contribution in [0.5, 0.6) is 11.5 Å². The standard InChI is InChI=1S/C14H19NO3/c1-2-14(7-4-8-14)9-15-13(18)10-5-3-6-11(16)12(10)17/h3,5-6,16-17H,2,4,7-9H2,1H3,(H,15,18). The highest BCUT2D eigenvalue weighted by molar-refractivity contribution is 5.97. The third kappa shape index (κ3) is 2.28. The van der Waals surface area contributed by atoms with E-state index < -0.39 is 0 Å². The van der Waals surface area contributed by atoms with Crippen LogP contribution in [0.1, 0.15) is 43.0 Å². The molecule has 1 fully saturated rings. The van der Waals surface area contributed by atoms with Crippen LogP contribution in [0.25, 0.3) is 0 Å². The van der Waals surface area contributed by atoms with E-state index in [4.69, 9.17) is 0 Å². The molecular weight excluding hydrogens is 230 g/mol. The van der Waals surface area contributed by atoms with Crippen molar-refractivity contribution in [3.8, 4) is 11.5 Å². The minimum absolute atomic E-state index is 0.126. The summed E-state index contributed by atoms with van der Waals surface area (Å²) in [5.41, 5.74) is 0.364. The first-order valence-electron chi connectivity index (χ1n) is 6.37. The molecule has 98 valence electrons. The highest BCUT2D eigenvalue weighted by Crippen LogP contribution is 2.43.